The highest BCUT2D eigenvalue weighted by Crippen LogP contribution is 2.37. The molecule has 0 unspecified atom stereocenters. The average Bonchev–Trinajstić information content (AvgIpc) is 2.97. The Morgan fingerprint density at radius 1 is 1.12 bits per heavy atom. The molecule has 3 nitrogen and oxygen atoms in total. The van der Waals surface area contributed by atoms with Crippen molar-refractivity contribution in [2.45, 2.75) is 6.42 Å². The molecule has 17 heavy (non-hydrogen) atoms. The molecule has 0 atom stereocenters. The van der Waals surface area contributed by atoms with Crippen LogP contribution in [0.5, 0.6) is 0 Å². The van der Waals surface area contributed by atoms with E-state index in [-0.39, 0.29) is 0 Å². The third-order valence-electron chi connectivity index (χ3n) is 2.99. The predicted molar refractivity (Wildman–Crippen MR) is 68.6 cm³/mol. The summed E-state index contributed by atoms with van der Waals surface area (Å²) < 4.78 is 11.0. The van der Waals surface area contributed by atoms with Gasteiger partial charge in [0.1, 0.15) is 5.58 Å². The molecule has 2 heterocycles. The van der Waals surface area contributed by atoms with Crippen molar-refractivity contribution in [3.63, 3.8) is 0 Å². The zero-order valence-corrected chi connectivity index (χ0v) is 10.2. The molecule has 2 aromatic heterocycles. The van der Waals surface area contributed by atoms with E-state index < -0.39 is 0 Å². The van der Waals surface area contributed by atoms with Gasteiger partial charge in [0.15, 0.2) is 5.58 Å². The smallest absolute Gasteiger partial charge is 0.153 e. The monoisotopic (exact) mass is 249 g/mol. The molecular formula is C13H12ClNO2. The minimum absolute atomic E-state index is 0.627. The Morgan fingerprint density at radius 2 is 1.82 bits per heavy atom. The van der Waals surface area contributed by atoms with Crippen molar-refractivity contribution < 1.29 is 8.83 Å². The molecule has 0 fully saturated rings. The standard InChI is InChI=1S/C13H12ClNO2/c1-15-5-2-8-9-3-6-17-13(9)11(14)10-4-7-16-12(8)10/h3-4,6-7,15H,2,5H2,1H3. The number of hydrogen-bond acceptors (Lipinski definition) is 3. The van der Waals surface area contributed by atoms with Gasteiger partial charge in [-0.15, -0.1) is 0 Å². The molecule has 0 bridgehead atoms. The van der Waals surface area contributed by atoms with Crippen LogP contribution < -0.4 is 5.32 Å². The molecule has 1 aromatic carbocycles. The molecule has 0 aliphatic carbocycles. The maximum atomic E-state index is 6.29. The van der Waals surface area contributed by atoms with E-state index in [1.807, 2.05) is 19.2 Å². The Morgan fingerprint density at radius 3 is 2.59 bits per heavy atom. The molecule has 88 valence electrons. The second-order valence-corrected chi connectivity index (χ2v) is 4.35. The number of nitrogens with one attached hydrogen (secondary N) is 1. The van der Waals surface area contributed by atoms with Gasteiger partial charge >= 0.3 is 0 Å². The lowest BCUT2D eigenvalue weighted by Gasteiger charge is -2.05. The van der Waals surface area contributed by atoms with Crippen LogP contribution in [0.1, 0.15) is 5.56 Å². The number of likely N-dealkylation sites (N-methyl/N-ethyl adjacent to an activating group) is 1. The summed E-state index contributed by atoms with van der Waals surface area (Å²) in [5.41, 5.74) is 2.75. The lowest BCUT2D eigenvalue weighted by atomic mass is 10.0. The Balaban J connectivity index is 2.35. The van der Waals surface area contributed by atoms with E-state index in [1.54, 1.807) is 12.5 Å². The Kier molecular flexibility index (Phi) is 2.57. The van der Waals surface area contributed by atoms with Gasteiger partial charge in [-0.3, -0.25) is 0 Å². The number of rotatable bonds is 3. The van der Waals surface area contributed by atoms with E-state index in [4.69, 9.17) is 20.4 Å². The van der Waals surface area contributed by atoms with Crippen molar-refractivity contribution in [3.8, 4) is 0 Å². The molecule has 0 radical (unpaired) electrons. The molecular weight excluding hydrogens is 238 g/mol. The van der Waals surface area contributed by atoms with Crippen LogP contribution in [0.25, 0.3) is 21.9 Å². The summed E-state index contributed by atoms with van der Waals surface area (Å²) in [5.74, 6) is 0. The topological polar surface area (TPSA) is 38.3 Å². The molecule has 4 heteroatoms. The minimum Gasteiger partial charge on any atom is -0.464 e. The van der Waals surface area contributed by atoms with Crippen LogP contribution >= 0.6 is 11.6 Å². The third-order valence-corrected chi connectivity index (χ3v) is 3.37. The molecule has 3 rings (SSSR count). The minimum atomic E-state index is 0.627. The summed E-state index contributed by atoms with van der Waals surface area (Å²) in [7, 11) is 1.93. The largest absolute Gasteiger partial charge is 0.464 e. The first-order valence-corrected chi connectivity index (χ1v) is 5.90. The molecule has 0 amide bonds. The summed E-state index contributed by atoms with van der Waals surface area (Å²) in [6.07, 6.45) is 4.21. The Bertz CT molecular complexity index is 617. The summed E-state index contributed by atoms with van der Waals surface area (Å²) in [6, 6.07) is 3.82. The van der Waals surface area contributed by atoms with Crippen molar-refractivity contribution in [2.24, 2.45) is 0 Å². The number of hydrogen-bond donors (Lipinski definition) is 1. The van der Waals surface area contributed by atoms with Crippen LogP contribution in [0.4, 0.5) is 0 Å². The first-order chi connectivity index (χ1) is 8.33. The molecule has 0 aliphatic heterocycles. The molecule has 0 aliphatic rings. The highest BCUT2D eigenvalue weighted by atomic mass is 35.5. The van der Waals surface area contributed by atoms with Crippen LogP contribution in [0.2, 0.25) is 5.02 Å². The maximum Gasteiger partial charge on any atom is 0.153 e. The highest BCUT2D eigenvalue weighted by Gasteiger charge is 2.16. The van der Waals surface area contributed by atoms with Gasteiger partial charge in [0.2, 0.25) is 0 Å². The van der Waals surface area contributed by atoms with Crippen LogP contribution in [-0.2, 0) is 6.42 Å². The van der Waals surface area contributed by atoms with Gasteiger partial charge in [0.25, 0.3) is 0 Å². The molecule has 3 aromatic rings. The summed E-state index contributed by atoms with van der Waals surface area (Å²) >= 11 is 6.29. The van der Waals surface area contributed by atoms with E-state index in [0.717, 1.165) is 40.5 Å². The number of halogens is 1. The lowest BCUT2D eigenvalue weighted by Crippen LogP contribution is -2.10. The third kappa shape index (κ3) is 1.54. The van der Waals surface area contributed by atoms with E-state index in [9.17, 15) is 0 Å². The van der Waals surface area contributed by atoms with Crippen molar-refractivity contribution in [1.29, 1.82) is 0 Å². The van der Waals surface area contributed by atoms with Gasteiger partial charge in [0, 0.05) is 16.3 Å². The predicted octanol–water partition coefficient (Wildman–Crippen LogP) is 3.59. The van der Waals surface area contributed by atoms with Crippen molar-refractivity contribution in [1.82, 2.24) is 5.32 Å². The lowest BCUT2D eigenvalue weighted by molar-refractivity contribution is 0.607. The van der Waals surface area contributed by atoms with E-state index in [1.165, 1.54) is 0 Å². The maximum absolute atomic E-state index is 6.29. The summed E-state index contributed by atoms with van der Waals surface area (Å²) in [5, 5.41) is 5.72. The second-order valence-electron chi connectivity index (χ2n) is 3.97. The van der Waals surface area contributed by atoms with E-state index in [2.05, 4.69) is 5.32 Å². The molecule has 0 spiro atoms. The zero-order chi connectivity index (χ0) is 11.8. The van der Waals surface area contributed by atoms with Crippen LogP contribution in [-0.4, -0.2) is 13.6 Å². The Hall–Kier alpha value is -1.45. The molecule has 1 N–H and O–H groups in total. The van der Waals surface area contributed by atoms with Crippen molar-refractivity contribution >= 4 is 33.5 Å². The first kappa shape index (κ1) is 10.7. The quantitative estimate of drug-likeness (QED) is 0.771. The van der Waals surface area contributed by atoms with Gasteiger partial charge in [-0.1, -0.05) is 11.6 Å². The normalized spacial score (nSPS) is 11.6. The summed E-state index contributed by atoms with van der Waals surface area (Å²) in [4.78, 5) is 0. The van der Waals surface area contributed by atoms with Crippen LogP contribution in [0, 0.1) is 0 Å². The number of benzene rings is 1. The zero-order valence-electron chi connectivity index (χ0n) is 9.42. The average molecular weight is 250 g/mol. The number of furan rings is 2. The SMILES string of the molecule is CNCCc1c2ccoc2c(Cl)c2ccoc12. The van der Waals surface area contributed by atoms with Crippen molar-refractivity contribution in [3.05, 3.63) is 35.2 Å². The molecule has 0 saturated carbocycles. The fraction of sp³-hybridized carbons (Fsp3) is 0.231. The Labute approximate surface area is 103 Å². The fourth-order valence-electron chi connectivity index (χ4n) is 2.18. The van der Waals surface area contributed by atoms with Crippen LogP contribution in [0.15, 0.2) is 33.5 Å². The van der Waals surface area contributed by atoms with Gasteiger partial charge < -0.3 is 14.2 Å². The summed E-state index contributed by atoms with van der Waals surface area (Å²) in [6.45, 7) is 0.887. The van der Waals surface area contributed by atoms with Gasteiger partial charge in [0.05, 0.1) is 17.5 Å². The first-order valence-electron chi connectivity index (χ1n) is 5.52. The molecule has 0 saturated heterocycles. The van der Waals surface area contributed by atoms with Crippen LogP contribution in [0.3, 0.4) is 0 Å². The van der Waals surface area contributed by atoms with Gasteiger partial charge in [-0.2, -0.15) is 0 Å². The number of fused-ring (bicyclic) bond motifs is 2. The second kappa shape index (κ2) is 4.09. The van der Waals surface area contributed by atoms with E-state index in [0.29, 0.717) is 5.02 Å². The fourth-order valence-corrected chi connectivity index (χ4v) is 2.47. The van der Waals surface area contributed by atoms with Crippen molar-refractivity contribution in [2.75, 3.05) is 13.6 Å². The van der Waals surface area contributed by atoms with E-state index >= 15 is 0 Å². The van der Waals surface area contributed by atoms with Gasteiger partial charge in [-0.05, 0) is 32.1 Å². The van der Waals surface area contributed by atoms with Gasteiger partial charge in [-0.25, -0.2) is 0 Å². The highest BCUT2D eigenvalue weighted by molar-refractivity contribution is 6.40.